The Labute approximate surface area is 185 Å². The Kier molecular flexibility index (Phi) is 6.88. The number of amides is 2. The van der Waals surface area contributed by atoms with E-state index in [1.54, 1.807) is 12.1 Å². The Hall–Kier alpha value is -3.02. The van der Waals surface area contributed by atoms with Crippen molar-refractivity contribution in [3.63, 3.8) is 0 Å². The minimum absolute atomic E-state index is 0.0974. The molecule has 1 aliphatic heterocycles. The van der Waals surface area contributed by atoms with E-state index in [0.29, 0.717) is 5.56 Å². The number of anilines is 2. The van der Waals surface area contributed by atoms with E-state index < -0.39 is 0 Å². The molecule has 2 aromatic rings. The Balaban J connectivity index is 1.55. The van der Waals surface area contributed by atoms with Gasteiger partial charge in [-0.2, -0.15) is 0 Å². The fraction of sp³-hybridized carbons (Fsp3) is 0.440. The second kappa shape index (κ2) is 9.41. The summed E-state index contributed by atoms with van der Waals surface area (Å²) < 4.78 is 5.62. The van der Waals surface area contributed by atoms with Crippen molar-refractivity contribution < 1.29 is 14.3 Å². The van der Waals surface area contributed by atoms with Gasteiger partial charge in [0.25, 0.3) is 5.91 Å². The highest BCUT2D eigenvalue weighted by Crippen LogP contribution is 2.23. The number of carbonyl (C=O) groups is 2. The fourth-order valence-electron chi connectivity index (χ4n) is 3.56. The number of ether oxygens (including phenoxy) is 1. The number of hydrogen-bond donors (Lipinski definition) is 1. The lowest BCUT2D eigenvalue weighted by molar-refractivity contribution is -0.139. The van der Waals surface area contributed by atoms with Crippen LogP contribution in [-0.2, 0) is 4.79 Å². The van der Waals surface area contributed by atoms with E-state index in [1.807, 2.05) is 75.9 Å². The Morgan fingerprint density at radius 1 is 0.903 bits per heavy atom. The molecule has 1 N–H and O–H groups in total. The van der Waals surface area contributed by atoms with Crippen LogP contribution in [0.4, 0.5) is 11.4 Å². The van der Waals surface area contributed by atoms with Gasteiger partial charge in [-0.05, 0) is 62.4 Å². The zero-order chi connectivity index (χ0) is 22.6. The maximum Gasteiger partial charge on any atom is 0.255 e. The molecule has 31 heavy (non-hydrogen) atoms. The molecule has 6 nitrogen and oxygen atoms in total. The fourth-order valence-corrected chi connectivity index (χ4v) is 3.56. The molecule has 3 rings (SSSR count). The minimum atomic E-state index is -0.343. The molecule has 1 saturated heterocycles. The largest absolute Gasteiger partial charge is 0.491 e. The lowest BCUT2D eigenvalue weighted by Gasteiger charge is -2.38. The third-order valence-electron chi connectivity index (χ3n) is 5.19. The molecule has 6 heteroatoms. The summed E-state index contributed by atoms with van der Waals surface area (Å²) >= 11 is 0. The van der Waals surface area contributed by atoms with Gasteiger partial charge in [-0.3, -0.25) is 9.59 Å². The number of piperazine rings is 1. The van der Waals surface area contributed by atoms with Crippen molar-refractivity contribution in [1.29, 1.82) is 0 Å². The Morgan fingerprint density at radius 3 is 2.00 bits per heavy atom. The number of carbonyl (C=O) groups excluding carboxylic acids is 2. The monoisotopic (exact) mass is 423 g/mol. The van der Waals surface area contributed by atoms with E-state index in [1.165, 1.54) is 0 Å². The normalized spacial score (nSPS) is 14.5. The Bertz CT molecular complexity index is 891. The summed E-state index contributed by atoms with van der Waals surface area (Å²) in [5.41, 5.74) is 2.08. The van der Waals surface area contributed by atoms with Crippen molar-refractivity contribution in [2.24, 2.45) is 5.41 Å². The van der Waals surface area contributed by atoms with Gasteiger partial charge in [-0.25, -0.2) is 0 Å². The molecule has 1 heterocycles. The van der Waals surface area contributed by atoms with Gasteiger partial charge >= 0.3 is 0 Å². The van der Waals surface area contributed by atoms with Crippen LogP contribution in [0, 0.1) is 5.41 Å². The molecule has 0 atom stereocenters. The van der Waals surface area contributed by atoms with Gasteiger partial charge in [0.1, 0.15) is 5.75 Å². The molecule has 0 radical (unpaired) electrons. The van der Waals surface area contributed by atoms with Crippen LogP contribution in [0.3, 0.4) is 0 Å². The quantitative estimate of drug-likeness (QED) is 0.773. The van der Waals surface area contributed by atoms with Crippen molar-refractivity contribution in [2.45, 2.75) is 40.7 Å². The molecule has 1 fully saturated rings. The van der Waals surface area contributed by atoms with Gasteiger partial charge in [0.15, 0.2) is 0 Å². The third kappa shape index (κ3) is 6.00. The Morgan fingerprint density at radius 2 is 1.48 bits per heavy atom. The van der Waals surface area contributed by atoms with Gasteiger partial charge in [0.2, 0.25) is 5.91 Å². The van der Waals surface area contributed by atoms with E-state index in [2.05, 4.69) is 10.2 Å². The van der Waals surface area contributed by atoms with E-state index in [-0.39, 0.29) is 23.3 Å². The number of nitrogens with zero attached hydrogens (tertiary/aromatic N) is 2. The first-order chi connectivity index (χ1) is 14.6. The summed E-state index contributed by atoms with van der Waals surface area (Å²) in [7, 11) is 0. The highest BCUT2D eigenvalue weighted by atomic mass is 16.5. The lowest BCUT2D eigenvalue weighted by atomic mass is 9.94. The lowest BCUT2D eigenvalue weighted by Crippen LogP contribution is -2.51. The van der Waals surface area contributed by atoms with Crippen molar-refractivity contribution in [1.82, 2.24) is 4.90 Å². The zero-order valence-corrected chi connectivity index (χ0v) is 19.1. The first kappa shape index (κ1) is 22.7. The number of benzene rings is 2. The maximum absolute atomic E-state index is 12.5. The van der Waals surface area contributed by atoms with Crippen molar-refractivity contribution in [3.8, 4) is 5.75 Å². The standard InChI is InChI=1S/C25H33N3O3/c1-18(2)31-22-12-6-19(7-13-22)23(29)26-20-8-10-21(11-9-20)27-14-16-28(17-15-27)24(30)25(3,4)5/h6-13,18H,14-17H2,1-5H3,(H,26,29). The molecule has 2 aromatic carbocycles. The van der Waals surface area contributed by atoms with Crippen LogP contribution < -0.4 is 15.0 Å². The third-order valence-corrected chi connectivity index (χ3v) is 5.19. The van der Waals surface area contributed by atoms with Crippen LogP contribution in [0.2, 0.25) is 0 Å². The maximum atomic E-state index is 12.5. The van der Waals surface area contributed by atoms with Gasteiger partial charge < -0.3 is 19.9 Å². The molecule has 0 aliphatic carbocycles. The average molecular weight is 424 g/mol. The average Bonchev–Trinajstić information content (AvgIpc) is 2.73. The van der Waals surface area contributed by atoms with Crippen LogP contribution >= 0.6 is 0 Å². The van der Waals surface area contributed by atoms with Crippen LogP contribution in [0.1, 0.15) is 45.0 Å². The number of rotatable bonds is 5. The predicted octanol–water partition coefficient (Wildman–Crippen LogP) is 4.42. The highest BCUT2D eigenvalue weighted by Gasteiger charge is 2.29. The van der Waals surface area contributed by atoms with E-state index in [9.17, 15) is 9.59 Å². The first-order valence-corrected chi connectivity index (χ1v) is 10.9. The van der Waals surface area contributed by atoms with E-state index in [4.69, 9.17) is 4.74 Å². The van der Waals surface area contributed by atoms with Gasteiger partial charge in [0.05, 0.1) is 6.10 Å². The summed E-state index contributed by atoms with van der Waals surface area (Å²) in [6, 6.07) is 15.0. The zero-order valence-electron chi connectivity index (χ0n) is 19.1. The van der Waals surface area contributed by atoms with Crippen molar-refractivity contribution in [3.05, 3.63) is 54.1 Å². The first-order valence-electron chi connectivity index (χ1n) is 10.9. The van der Waals surface area contributed by atoms with E-state index in [0.717, 1.165) is 43.3 Å². The van der Waals surface area contributed by atoms with Crippen LogP contribution in [0.15, 0.2) is 48.5 Å². The van der Waals surface area contributed by atoms with Gasteiger partial charge in [-0.1, -0.05) is 20.8 Å². The predicted molar refractivity (Wildman–Crippen MR) is 125 cm³/mol. The molecule has 0 spiro atoms. The SMILES string of the molecule is CC(C)Oc1ccc(C(=O)Nc2ccc(N3CCN(C(=O)C(C)(C)C)CC3)cc2)cc1. The van der Waals surface area contributed by atoms with Gasteiger partial charge in [-0.15, -0.1) is 0 Å². The van der Waals surface area contributed by atoms with Crippen LogP contribution in [0.25, 0.3) is 0 Å². The molecule has 2 amide bonds. The second-order valence-corrected chi connectivity index (χ2v) is 9.22. The van der Waals surface area contributed by atoms with Crippen LogP contribution in [-0.4, -0.2) is 49.0 Å². The molecule has 0 bridgehead atoms. The summed E-state index contributed by atoms with van der Waals surface area (Å²) in [5, 5.41) is 2.94. The van der Waals surface area contributed by atoms with Crippen molar-refractivity contribution >= 4 is 23.2 Å². The molecule has 0 aromatic heterocycles. The van der Waals surface area contributed by atoms with Crippen LogP contribution in [0.5, 0.6) is 5.75 Å². The summed E-state index contributed by atoms with van der Waals surface area (Å²) in [5.74, 6) is 0.798. The molecular formula is C25H33N3O3. The van der Waals surface area contributed by atoms with Gasteiger partial charge in [0, 0.05) is 48.5 Å². The molecular weight excluding hydrogens is 390 g/mol. The second-order valence-electron chi connectivity index (χ2n) is 9.22. The van der Waals surface area contributed by atoms with E-state index >= 15 is 0 Å². The number of nitrogens with one attached hydrogen (secondary N) is 1. The summed E-state index contributed by atoms with van der Waals surface area (Å²) in [4.78, 5) is 29.2. The highest BCUT2D eigenvalue weighted by molar-refractivity contribution is 6.04. The summed E-state index contributed by atoms with van der Waals surface area (Å²) in [6.45, 7) is 12.9. The minimum Gasteiger partial charge on any atom is -0.491 e. The number of hydrogen-bond acceptors (Lipinski definition) is 4. The van der Waals surface area contributed by atoms with Crippen molar-refractivity contribution in [2.75, 3.05) is 36.4 Å². The smallest absolute Gasteiger partial charge is 0.255 e. The molecule has 166 valence electrons. The molecule has 1 aliphatic rings. The topological polar surface area (TPSA) is 61.9 Å². The molecule has 0 unspecified atom stereocenters. The summed E-state index contributed by atoms with van der Waals surface area (Å²) in [6.07, 6.45) is 0.0974. The molecule has 0 saturated carbocycles.